The molecule has 7 nitrogen and oxygen atoms in total. The van der Waals surface area contributed by atoms with Gasteiger partial charge in [0.1, 0.15) is 5.82 Å². The summed E-state index contributed by atoms with van der Waals surface area (Å²) in [5.74, 6) is 1.59. The zero-order chi connectivity index (χ0) is 19.7. The molecule has 3 N–H and O–H groups in total. The van der Waals surface area contributed by atoms with Crippen LogP contribution in [-0.4, -0.2) is 49.1 Å². The van der Waals surface area contributed by atoms with Crippen LogP contribution in [0.2, 0.25) is 0 Å². The van der Waals surface area contributed by atoms with Crippen molar-refractivity contribution in [2.75, 3.05) is 31.6 Å². The van der Waals surface area contributed by atoms with Crippen LogP contribution in [0.1, 0.15) is 52.0 Å². The summed E-state index contributed by atoms with van der Waals surface area (Å²) in [5, 5.41) is 9.23. The summed E-state index contributed by atoms with van der Waals surface area (Å²) in [5.41, 5.74) is 0.905. The highest BCUT2D eigenvalue weighted by Crippen LogP contribution is 2.18. The summed E-state index contributed by atoms with van der Waals surface area (Å²) >= 11 is 0. The van der Waals surface area contributed by atoms with Gasteiger partial charge in [0.2, 0.25) is 5.91 Å². The van der Waals surface area contributed by atoms with Gasteiger partial charge in [0.25, 0.3) is 0 Å². The largest absolute Gasteiger partial charge is 0.357 e. The predicted octanol–water partition coefficient (Wildman–Crippen LogP) is 2.04. The molecular formula is C20H34N6O. The van der Waals surface area contributed by atoms with Gasteiger partial charge in [0, 0.05) is 38.4 Å². The number of aromatic nitrogens is 1. The van der Waals surface area contributed by atoms with Crippen molar-refractivity contribution in [1.29, 1.82) is 0 Å². The molecule has 1 aliphatic rings. The molecule has 150 valence electrons. The van der Waals surface area contributed by atoms with Gasteiger partial charge in [-0.05, 0) is 51.3 Å². The van der Waals surface area contributed by atoms with E-state index < -0.39 is 0 Å². The number of guanidine groups is 1. The van der Waals surface area contributed by atoms with Crippen LogP contribution in [0.5, 0.6) is 0 Å². The van der Waals surface area contributed by atoms with Crippen molar-refractivity contribution in [2.45, 2.75) is 58.5 Å². The minimum absolute atomic E-state index is 0.0576. The molecule has 0 aliphatic carbocycles. The fourth-order valence-electron chi connectivity index (χ4n) is 3.08. The smallest absolute Gasteiger partial charge is 0.239 e. The van der Waals surface area contributed by atoms with Crippen LogP contribution in [0.4, 0.5) is 5.82 Å². The molecule has 7 heteroatoms. The van der Waals surface area contributed by atoms with Crippen LogP contribution in [0.25, 0.3) is 0 Å². The standard InChI is InChI=1S/C20H34N6O/c1-20(2,3)25-18(27)15-24-19(21-4)23-14-16-9-10-22-17(13-16)26-11-7-5-6-8-12-26/h9-10,13H,5-8,11-12,14-15H2,1-4H3,(H,25,27)(H2,21,23,24). The fraction of sp³-hybridized carbons (Fsp3) is 0.650. The molecule has 1 aliphatic heterocycles. The Balaban J connectivity index is 1.85. The van der Waals surface area contributed by atoms with E-state index in [9.17, 15) is 4.79 Å². The Morgan fingerprint density at radius 2 is 1.89 bits per heavy atom. The first-order chi connectivity index (χ1) is 12.9. The summed E-state index contributed by atoms with van der Waals surface area (Å²) in [4.78, 5) is 23.0. The first-order valence-corrected chi connectivity index (χ1v) is 9.83. The quantitative estimate of drug-likeness (QED) is 0.543. The molecular weight excluding hydrogens is 340 g/mol. The molecule has 0 radical (unpaired) electrons. The third-order valence-electron chi connectivity index (χ3n) is 4.35. The van der Waals surface area contributed by atoms with Crippen LogP contribution in [0, 0.1) is 0 Å². The van der Waals surface area contributed by atoms with Gasteiger partial charge in [-0.2, -0.15) is 0 Å². The van der Waals surface area contributed by atoms with Gasteiger partial charge in [0.15, 0.2) is 5.96 Å². The van der Waals surface area contributed by atoms with Crippen molar-refractivity contribution < 1.29 is 4.79 Å². The molecule has 0 bridgehead atoms. The van der Waals surface area contributed by atoms with E-state index in [0.717, 1.165) is 24.5 Å². The van der Waals surface area contributed by atoms with Gasteiger partial charge in [0.05, 0.1) is 6.54 Å². The van der Waals surface area contributed by atoms with E-state index in [4.69, 9.17) is 0 Å². The van der Waals surface area contributed by atoms with Crippen molar-refractivity contribution >= 4 is 17.7 Å². The van der Waals surface area contributed by atoms with E-state index in [0.29, 0.717) is 12.5 Å². The predicted molar refractivity (Wildman–Crippen MR) is 111 cm³/mol. The number of carbonyl (C=O) groups is 1. The SMILES string of the molecule is CN=C(NCC(=O)NC(C)(C)C)NCc1ccnc(N2CCCCCC2)c1. The van der Waals surface area contributed by atoms with Gasteiger partial charge in [-0.1, -0.05) is 12.8 Å². The topological polar surface area (TPSA) is 81.6 Å². The highest BCUT2D eigenvalue weighted by atomic mass is 16.2. The van der Waals surface area contributed by atoms with Gasteiger partial charge >= 0.3 is 0 Å². The Labute approximate surface area is 163 Å². The maximum Gasteiger partial charge on any atom is 0.239 e. The Hall–Kier alpha value is -2.31. The zero-order valence-electron chi connectivity index (χ0n) is 17.1. The average molecular weight is 375 g/mol. The Kier molecular flexibility index (Phi) is 7.88. The van der Waals surface area contributed by atoms with E-state index in [1.165, 1.54) is 25.7 Å². The molecule has 0 spiro atoms. The van der Waals surface area contributed by atoms with Crippen LogP contribution in [-0.2, 0) is 11.3 Å². The molecule has 2 heterocycles. The highest BCUT2D eigenvalue weighted by Gasteiger charge is 2.14. The number of nitrogens with one attached hydrogen (secondary N) is 3. The lowest BCUT2D eigenvalue weighted by Crippen LogP contribution is -2.48. The number of carbonyl (C=O) groups excluding carboxylic acids is 1. The fourth-order valence-corrected chi connectivity index (χ4v) is 3.08. The number of nitrogens with zero attached hydrogens (tertiary/aromatic N) is 3. The number of amides is 1. The number of anilines is 1. The second-order valence-corrected chi connectivity index (χ2v) is 8.00. The number of pyridine rings is 1. The number of rotatable bonds is 5. The maximum atomic E-state index is 11.9. The summed E-state index contributed by atoms with van der Waals surface area (Å²) in [7, 11) is 1.70. The van der Waals surface area contributed by atoms with E-state index >= 15 is 0 Å². The number of hydrogen-bond acceptors (Lipinski definition) is 4. The minimum atomic E-state index is -0.240. The minimum Gasteiger partial charge on any atom is -0.357 e. The Morgan fingerprint density at radius 3 is 2.52 bits per heavy atom. The van der Waals surface area contributed by atoms with Crippen molar-refractivity contribution in [2.24, 2.45) is 4.99 Å². The van der Waals surface area contributed by atoms with Crippen molar-refractivity contribution in [3.05, 3.63) is 23.9 Å². The summed E-state index contributed by atoms with van der Waals surface area (Å²) in [6.07, 6.45) is 6.95. The van der Waals surface area contributed by atoms with E-state index in [1.54, 1.807) is 7.05 Å². The molecule has 0 saturated carbocycles. The zero-order valence-corrected chi connectivity index (χ0v) is 17.1. The molecule has 1 amide bonds. The average Bonchev–Trinajstić information content (AvgIpc) is 2.90. The second kappa shape index (κ2) is 10.1. The number of hydrogen-bond donors (Lipinski definition) is 3. The first-order valence-electron chi connectivity index (χ1n) is 9.83. The third kappa shape index (κ3) is 7.85. The summed E-state index contributed by atoms with van der Waals surface area (Å²) < 4.78 is 0. The lowest BCUT2D eigenvalue weighted by atomic mass is 10.1. The molecule has 1 saturated heterocycles. The van der Waals surface area contributed by atoms with Gasteiger partial charge in [-0.3, -0.25) is 9.79 Å². The van der Waals surface area contributed by atoms with Gasteiger partial charge in [-0.25, -0.2) is 4.98 Å². The monoisotopic (exact) mass is 374 g/mol. The van der Waals surface area contributed by atoms with Crippen LogP contribution in [0.15, 0.2) is 23.3 Å². The molecule has 2 rings (SSSR count). The molecule has 1 aromatic heterocycles. The van der Waals surface area contributed by atoms with Crippen molar-refractivity contribution in [3.8, 4) is 0 Å². The van der Waals surface area contributed by atoms with Crippen LogP contribution < -0.4 is 20.9 Å². The Bertz CT molecular complexity index is 630. The van der Waals surface area contributed by atoms with E-state index in [-0.39, 0.29) is 18.0 Å². The van der Waals surface area contributed by atoms with Gasteiger partial charge in [-0.15, -0.1) is 0 Å². The molecule has 1 aromatic rings. The maximum absolute atomic E-state index is 11.9. The normalized spacial score (nSPS) is 15.9. The highest BCUT2D eigenvalue weighted by molar-refractivity contribution is 5.86. The molecule has 0 aromatic carbocycles. The van der Waals surface area contributed by atoms with E-state index in [2.05, 4.69) is 36.9 Å². The second-order valence-electron chi connectivity index (χ2n) is 8.00. The molecule has 0 unspecified atom stereocenters. The van der Waals surface area contributed by atoms with Crippen molar-refractivity contribution in [1.82, 2.24) is 20.9 Å². The molecule has 0 atom stereocenters. The molecule has 27 heavy (non-hydrogen) atoms. The van der Waals surface area contributed by atoms with Gasteiger partial charge < -0.3 is 20.9 Å². The van der Waals surface area contributed by atoms with Crippen LogP contribution >= 0.6 is 0 Å². The van der Waals surface area contributed by atoms with Crippen molar-refractivity contribution in [3.63, 3.8) is 0 Å². The first kappa shape index (κ1) is 21.0. The summed E-state index contributed by atoms with van der Waals surface area (Å²) in [6, 6.07) is 4.14. The number of aliphatic imine (C=N–C) groups is 1. The van der Waals surface area contributed by atoms with E-state index in [1.807, 2.05) is 33.0 Å². The Morgan fingerprint density at radius 1 is 1.19 bits per heavy atom. The third-order valence-corrected chi connectivity index (χ3v) is 4.35. The lowest BCUT2D eigenvalue weighted by Gasteiger charge is -2.22. The van der Waals surface area contributed by atoms with Crippen LogP contribution in [0.3, 0.4) is 0 Å². The lowest BCUT2D eigenvalue weighted by molar-refractivity contribution is -0.121. The summed E-state index contributed by atoms with van der Waals surface area (Å²) in [6.45, 7) is 8.86. The molecule has 1 fully saturated rings.